The van der Waals surface area contributed by atoms with Gasteiger partial charge in [-0.05, 0) is 42.9 Å². The molecular weight excluding hydrogens is 246 g/mol. The molecule has 2 N–H and O–H groups in total. The first kappa shape index (κ1) is 13.0. The molecule has 2 heterocycles. The number of hydrogen-bond donors (Lipinski definition) is 1. The lowest BCUT2D eigenvalue weighted by atomic mass is 9.90. The number of pyridine rings is 1. The van der Waals surface area contributed by atoms with Crippen LogP contribution >= 0.6 is 0 Å². The topological polar surface area (TPSA) is 42.1 Å². The van der Waals surface area contributed by atoms with Crippen molar-refractivity contribution in [3.63, 3.8) is 0 Å². The number of hydrogen-bond acceptors (Lipinski definition) is 3. The Morgan fingerprint density at radius 1 is 1.05 bits per heavy atom. The summed E-state index contributed by atoms with van der Waals surface area (Å²) in [5.74, 6) is 1.85. The number of nitrogens with zero attached hydrogens (tertiary/aromatic N) is 2. The Hall–Kier alpha value is -2.03. The molecule has 1 aliphatic heterocycles. The second kappa shape index (κ2) is 5.95. The van der Waals surface area contributed by atoms with Crippen LogP contribution < -0.4 is 10.6 Å². The Morgan fingerprint density at radius 3 is 2.45 bits per heavy atom. The molecule has 1 aromatic carbocycles. The Bertz CT molecular complexity index is 528. The Morgan fingerprint density at radius 2 is 1.80 bits per heavy atom. The van der Waals surface area contributed by atoms with Crippen LogP contribution in [0.3, 0.4) is 0 Å². The minimum atomic E-state index is 0.729. The van der Waals surface area contributed by atoms with Gasteiger partial charge < -0.3 is 10.6 Å². The summed E-state index contributed by atoms with van der Waals surface area (Å²) < 4.78 is 0. The SMILES string of the molecule is Nc1ccc(N2CCC(Cc3ccccc3)CC2)nc1. The van der Waals surface area contributed by atoms with Crippen LogP contribution in [-0.2, 0) is 6.42 Å². The third kappa shape index (κ3) is 3.10. The van der Waals surface area contributed by atoms with E-state index >= 15 is 0 Å². The first-order chi connectivity index (χ1) is 9.81. The zero-order valence-electron chi connectivity index (χ0n) is 11.7. The van der Waals surface area contributed by atoms with Gasteiger partial charge in [0.25, 0.3) is 0 Å². The van der Waals surface area contributed by atoms with E-state index in [4.69, 9.17) is 5.73 Å². The van der Waals surface area contributed by atoms with Gasteiger partial charge in [0, 0.05) is 13.1 Å². The Kier molecular flexibility index (Phi) is 3.86. The van der Waals surface area contributed by atoms with Crippen molar-refractivity contribution in [3.8, 4) is 0 Å². The predicted molar refractivity (Wildman–Crippen MR) is 83.7 cm³/mol. The van der Waals surface area contributed by atoms with Gasteiger partial charge in [0.2, 0.25) is 0 Å². The molecule has 0 aliphatic carbocycles. The molecule has 0 spiro atoms. The fourth-order valence-corrected chi connectivity index (χ4v) is 2.90. The second-order valence-corrected chi connectivity index (χ2v) is 5.57. The molecule has 0 saturated carbocycles. The Labute approximate surface area is 120 Å². The largest absolute Gasteiger partial charge is 0.397 e. The molecule has 2 aromatic rings. The molecule has 0 unspecified atom stereocenters. The summed E-state index contributed by atoms with van der Waals surface area (Å²) in [5.41, 5.74) is 7.87. The van der Waals surface area contributed by atoms with Gasteiger partial charge in [-0.2, -0.15) is 0 Å². The lowest BCUT2D eigenvalue weighted by Crippen LogP contribution is -2.34. The van der Waals surface area contributed by atoms with Gasteiger partial charge in [0.05, 0.1) is 11.9 Å². The maximum Gasteiger partial charge on any atom is 0.128 e. The summed E-state index contributed by atoms with van der Waals surface area (Å²) in [6.07, 6.45) is 5.41. The molecule has 0 radical (unpaired) electrons. The second-order valence-electron chi connectivity index (χ2n) is 5.57. The lowest BCUT2D eigenvalue weighted by Gasteiger charge is -2.32. The first-order valence-corrected chi connectivity index (χ1v) is 7.31. The summed E-state index contributed by atoms with van der Waals surface area (Å²) in [6, 6.07) is 14.7. The maximum atomic E-state index is 5.68. The molecule has 3 nitrogen and oxygen atoms in total. The number of nitrogen functional groups attached to an aromatic ring is 1. The van der Waals surface area contributed by atoms with Crippen LogP contribution in [0, 0.1) is 5.92 Å². The number of piperidine rings is 1. The monoisotopic (exact) mass is 267 g/mol. The fourth-order valence-electron chi connectivity index (χ4n) is 2.90. The highest BCUT2D eigenvalue weighted by molar-refractivity contribution is 5.45. The van der Waals surface area contributed by atoms with E-state index in [-0.39, 0.29) is 0 Å². The maximum absolute atomic E-state index is 5.68. The van der Waals surface area contributed by atoms with Crippen LogP contribution in [0.4, 0.5) is 11.5 Å². The molecule has 20 heavy (non-hydrogen) atoms. The number of benzene rings is 1. The molecule has 1 saturated heterocycles. The van der Waals surface area contributed by atoms with Crippen molar-refractivity contribution in [2.24, 2.45) is 5.92 Å². The highest BCUT2D eigenvalue weighted by atomic mass is 15.2. The van der Waals surface area contributed by atoms with Crippen molar-refractivity contribution in [2.45, 2.75) is 19.3 Å². The standard InChI is InChI=1S/C17H21N3/c18-16-6-7-17(19-13-16)20-10-8-15(9-11-20)12-14-4-2-1-3-5-14/h1-7,13,15H,8-12,18H2. The third-order valence-corrected chi connectivity index (χ3v) is 4.08. The highest BCUT2D eigenvalue weighted by Crippen LogP contribution is 2.24. The van der Waals surface area contributed by atoms with Gasteiger partial charge in [-0.1, -0.05) is 30.3 Å². The summed E-state index contributed by atoms with van der Waals surface area (Å²) in [5, 5.41) is 0. The van der Waals surface area contributed by atoms with Crippen LogP contribution in [0.2, 0.25) is 0 Å². The summed E-state index contributed by atoms with van der Waals surface area (Å²) >= 11 is 0. The molecular formula is C17H21N3. The van der Waals surface area contributed by atoms with E-state index in [1.54, 1.807) is 6.20 Å². The van der Waals surface area contributed by atoms with E-state index in [0.717, 1.165) is 30.5 Å². The van der Waals surface area contributed by atoms with Gasteiger partial charge in [-0.25, -0.2) is 4.98 Å². The fraction of sp³-hybridized carbons (Fsp3) is 0.353. The average molecular weight is 267 g/mol. The minimum absolute atomic E-state index is 0.729. The molecule has 104 valence electrons. The van der Waals surface area contributed by atoms with Crippen LogP contribution in [-0.4, -0.2) is 18.1 Å². The quantitative estimate of drug-likeness (QED) is 0.929. The first-order valence-electron chi connectivity index (χ1n) is 7.31. The summed E-state index contributed by atoms with van der Waals surface area (Å²) in [6.45, 7) is 2.18. The Balaban J connectivity index is 1.55. The molecule has 3 rings (SSSR count). The average Bonchev–Trinajstić information content (AvgIpc) is 2.50. The van der Waals surface area contributed by atoms with Crippen LogP contribution in [0.25, 0.3) is 0 Å². The van der Waals surface area contributed by atoms with Crippen molar-refractivity contribution in [2.75, 3.05) is 23.7 Å². The zero-order chi connectivity index (χ0) is 13.8. The number of nitrogens with two attached hydrogens (primary N) is 1. The van der Waals surface area contributed by atoms with Gasteiger partial charge in [-0.15, -0.1) is 0 Å². The van der Waals surface area contributed by atoms with E-state index in [1.807, 2.05) is 12.1 Å². The van der Waals surface area contributed by atoms with Crippen molar-refractivity contribution >= 4 is 11.5 Å². The van der Waals surface area contributed by atoms with Crippen molar-refractivity contribution < 1.29 is 0 Å². The van der Waals surface area contributed by atoms with E-state index < -0.39 is 0 Å². The van der Waals surface area contributed by atoms with Gasteiger partial charge in [0.1, 0.15) is 5.82 Å². The normalized spacial score (nSPS) is 16.3. The number of rotatable bonds is 3. The van der Waals surface area contributed by atoms with Crippen molar-refractivity contribution in [1.82, 2.24) is 4.98 Å². The van der Waals surface area contributed by atoms with Crippen molar-refractivity contribution in [3.05, 3.63) is 54.2 Å². The van der Waals surface area contributed by atoms with Gasteiger partial charge in [-0.3, -0.25) is 0 Å². The number of anilines is 2. The van der Waals surface area contributed by atoms with E-state index in [2.05, 4.69) is 40.2 Å². The highest BCUT2D eigenvalue weighted by Gasteiger charge is 2.20. The molecule has 0 bridgehead atoms. The third-order valence-electron chi connectivity index (χ3n) is 4.08. The van der Waals surface area contributed by atoms with Gasteiger partial charge >= 0.3 is 0 Å². The van der Waals surface area contributed by atoms with E-state index in [9.17, 15) is 0 Å². The summed E-state index contributed by atoms with van der Waals surface area (Å²) in [4.78, 5) is 6.77. The number of aromatic nitrogens is 1. The minimum Gasteiger partial charge on any atom is -0.397 e. The van der Waals surface area contributed by atoms with Gasteiger partial charge in [0.15, 0.2) is 0 Å². The molecule has 0 atom stereocenters. The van der Waals surface area contributed by atoms with Crippen LogP contribution in [0.5, 0.6) is 0 Å². The van der Waals surface area contributed by atoms with Crippen LogP contribution in [0.15, 0.2) is 48.7 Å². The lowest BCUT2D eigenvalue weighted by molar-refractivity contribution is 0.402. The summed E-state index contributed by atoms with van der Waals surface area (Å²) in [7, 11) is 0. The predicted octanol–water partition coefficient (Wildman–Crippen LogP) is 3.12. The van der Waals surface area contributed by atoms with Crippen LogP contribution in [0.1, 0.15) is 18.4 Å². The van der Waals surface area contributed by atoms with E-state index in [0.29, 0.717) is 0 Å². The van der Waals surface area contributed by atoms with E-state index in [1.165, 1.54) is 24.8 Å². The molecule has 1 aromatic heterocycles. The zero-order valence-corrected chi connectivity index (χ0v) is 11.7. The molecule has 1 fully saturated rings. The molecule has 3 heteroatoms. The molecule has 0 amide bonds. The smallest absolute Gasteiger partial charge is 0.128 e. The van der Waals surface area contributed by atoms with Crippen molar-refractivity contribution in [1.29, 1.82) is 0 Å². The molecule has 1 aliphatic rings.